The summed E-state index contributed by atoms with van der Waals surface area (Å²) in [4.78, 5) is 43.5. The van der Waals surface area contributed by atoms with E-state index in [-0.39, 0.29) is 17.7 Å². The van der Waals surface area contributed by atoms with Crippen molar-refractivity contribution >= 4 is 34.5 Å². The third-order valence-electron chi connectivity index (χ3n) is 8.75. The van der Waals surface area contributed by atoms with Gasteiger partial charge in [-0.3, -0.25) is 14.4 Å². The standard InChI is InChI=1S/C29H39N3O4S/c1-19(33)30-10-13-36-25-5-3-4-23(16-25)27(34)32-11-8-20(9-12-32)18-29(2)28(35)31-26(37-29)17-24-15-21-6-7-22(24)14-21/h3-5,16,20-22,24H,6-15,17-18H2,1-2H3,(H,30,33)/t21-,22+,24-,29?/m1/s1. The number of carbonyl (C=O) groups excluding carboxylic acids is 3. The first-order chi connectivity index (χ1) is 17.8. The van der Waals surface area contributed by atoms with E-state index in [0.29, 0.717) is 43.5 Å². The van der Waals surface area contributed by atoms with E-state index in [1.807, 2.05) is 23.1 Å². The molecule has 4 atom stereocenters. The van der Waals surface area contributed by atoms with Gasteiger partial charge in [0.05, 0.1) is 11.6 Å². The Bertz CT molecular complexity index is 1070. The zero-order valence-corrected chi connectivity index (χ0v) is 22.9. The van der Waals surface area contributed by atoms with E-state index < -0.39 is 4.75 Å². The summed E-state index contributed by atoms with van der Waals surface area (Å²) < 4.78 is 5.23. The van der Waals surface area contributed by atoms with Gasteiger partial charge in [0.15, 0.2) is 0 Å². The normalized spacial score (nSPS) is 29.5. The Morgan fingerprint density at radius 3 is 2.70 bits per heavy atom. The lowest BCUT2D eigenvalue weighted by atomic mass is 9.86. The summed E-state index contributed by atoms with van der Waals surface area (Å²) in [6.07, 6.45) is 9.13. The van der Waals surface area contributed by atoms with Gasteiger partial charge in [-0.15, -0.1) is 0 Å². The number of amides is 3. The van der Waals surface area contributed by atoms with Crippen LogP contribution in [-0.4, -0.2) is 58.7 Å². The predicted molar refractivity (Wildman–Crippen MR) is 146 cm³/mol. The third-order valence-corrected chi connectivity index (χ3v) is 10.0. The van der Waals surface area contributed by atoms with Crippen molar-refractivity contribution in [2.45, 2.75) is 70.0 Å². The average Bonchev–Trinajstić information content (AvgIpc) is 3.57. The molecule has 3 amide bonds. The molecule has 1 saturated heterocycles. The molecule has 1 unspecified atom stereocenters. The topological polar surface area (TPSA) is 88.1 Å². The first-order valence-electron chi connectivity index (χ1n) is 13.9. The van der Waals surface area contributed by atoms with E-state index in [9.17, 15) is 14.4 Å². The summed E-state index contributed by atoms with van der Waals surface area (Å²) >= 11 is 1.73. The second-order valence-electron chi connectivity index (χ2n) is 11.6. The van der Waals surface area contributed by atoms with Crippen LogP contribution in [0.2, 0.25) is 0 Å². The number of carbonyl (C=O) groups is 3. The maximum Gasteiger partial charge on any atom is 0.262 e. The number of likely N-dealkylation sites (tertiary alicyclic amines) is 1. The van der Waals surface area contributed by atoms with Gasteiger partial charge in [-0.2, -0.15) is 0 Å². The molecule has 1 aromatic rings. The molecule has 2 heterocycles. The van der Waals surface area contributed by atoms with E-state index in [0.717, 1.165) is 48.5 Å². The van der Waals surface area contributed by atoms with E-state index in [1.165, 1.54) is 32.6 Å². The molecule has 5 rings (SSSR count). The molecule has 0 aromatic heterocycles. The summed E-state index contributed by atoms with van der Waals surface area (Å²) in [5.74, 6) is 3.52. The van der Waals surface area contributed by atoms with Crippen molar-refractivity contribution in [3.63, 3.8) is 0 Å². The van der Waals surface area contributed by atoms with E-state index >= 15 is 0 Å². The van der Waals surface area contributed by atoms with Crippen molar-refractivity contribution in [1.82, 2.24) is 10.2 Å². The molecule has 200 valence electrons. The number of hydrogen-bond acceptors (Lipinski definition) is 5. The molecule has 0 spiro atoms. The smallest absolute Gasteiger partial charge is 0.262 e. The number of benzene rings is 1. The number of ether oxygens (including phenoxy) is 1. The molecule has 2 saturated carbocycles. The van der Waals surface area contributed by atoms with Crippen LogP contribution in [0.1, 0.15) is 75.6 Å². The van der Waals surface area contributed by atoms with Gasteiger partial charge in [-0.1, -0.05) is 24.2 Å². The molecule has 3 fully saturated rings. The summed E-state index contributed by atoms with van der Waals surface area (Å²) in [7, 11) is 0. The monoisotopic (exact) mass is 525 g/mol. The highest BCUT2D eigenvalue weighted by Crippen LogP contribution is 2.51. The van der Waals surface area contributed by atoms with E-state index in [4.69, 9.17) is 4.74 Å². The van der Waals surface area contributed by atoms with Crippen LogP contribution >= 0.6 is 11.8 Å². The van der Waals surface area contributed by atoms with Crippen molar-refractivity contribution < 1.29 is 19.1 Å². The zero-order valence-electron chi connectivity index (χ0n) is 22.0. The number of aliphatic imine (C=N–C) groups is 1. The number of hydrogen-bond donors (Lipinski definition) is 1. The average molecular weight is 526 g/mol. The molecule has 2 bridgehead atoms. The number of nitrogens with zero attached hydrogens (tertiary/aromatic N) is 2. The van der Waals surface area contributed by atoms with Crippen LogP contribution in [0.15, 0.2) is 29.3 Å². The Labute approximate surface area is 224 Å². The van der Waals surface area contributed by atoms with Gasteiger partial charge in [-0.05, 0) is 93.7 Å². The zero-order chi connectivity index (χ0) is 26.0. The Morgan fingerprint density at radius 2 is 2.00 bits per heavy atom. The largest absolute Gasteiger partial charge is 0.492 e. The molecule has 2 aliphatic carbocycles. The van der Waals surface area contributed by atoms with Crippen molar-refractivity contribution in [1.29, 1.82) is 0 Å². The van der Waals surface area contributed by atoms with Crippen LogP contribution in [0, 0.1) is 23.7 Å². The molecule has 2 aliphatic heterocycles. The van der Waals surface area contributed by atoms with Gasteiger partial charge in [0.1, 0.15) is 17.1 Å². The fourth-order valence-electron chi connectivity index (χ4n) is 6.81. The molecular weight excluding hydrogens is 486 g/mol. The van der Waals surface area contributed by atoms with Crippen LogP contribution in [0.3, 0.4) is 0 Å². The Morgan fingerprint density at radius 1 is 1.19 bits per heavy atom. The quantitative estimate of drug-likeness (QED) is 0.472. The summed E-state index contributed by atoms with van der Waals surface area (Å²) in [5.41, 5.74) is 0.614. The molecule has 7 nitrogen and oxygen atoms in total. The highest BCUT2D eigenvalue weighted by atomic mass is 32.2. The summed E-state index contributed by atoms with van der Waals surface area (Å²) in [6.45, 7) is 5.72. The highest BCUT2D eigenvalue weighted by Gasteiger charge is 2.46. The molecule has 0 radical (unpaired) electrons. The summed E-state index contributed by atoms with van der Waals surface area (Å²) in [6, 6.07) is 7.23. The van der Waals surface area contributed by atoms with Crippen LogP contribution in [0.5, 0.6) is 5.75 Å². The molecular formula is C29H39N3O4S. The van der Waals surface area contributed by atoms with Crippen molar-refractivity contribution in [2.75, 3.05) is 26.2 Å². The summed E-state index contributed by atoms with van der Waals surface area (Å²) in [5, 5.41) is 3.76. The van der Waals surface area contributed by atoms with Gasteiger partial charge in [0.2, 0.25) is 5.91 Å². The molecule has 1 N–H and O–H groups in total. The predicted octanol–water partition coefficient (Wildman–Crippen LogP) is 4.70. The van der Waals surface area contributed by atoms with Gasteiger partial charge >= 0.3 is 0 Å². The first kappa shape index (κ1) is 26.3. The number of thioether (sulfide) groups is 1. The molecule has 37 heavy (non-hydrogen) atoms. The van der Waals surface area contributed by atoms with Crippen LogP contribution in [-0.2, 0) is 9.59 Å². The highest BCUT2D eigenvalue weighted by molar-refractivity contribution is 8.16. The number of rotatable bonds is 9. The van der Waals surface area contributed by atoms with Crippen molar-refractivity contribution in [2.24, 2.45) is 28.7 Å². The number of nitrogens with one attached hydrogen (secondary N) is 1. The van der Waals surface area contributed by atoms with Crippen molar-refractivity contribution in [3.8, 4) is 5.75 Å². The minimum atomic E-state index is -0.452. The second-order valence-corrected chi connectivity index (χ2v) is 13.2. The fourth-order valence-corrected chi connectivity index (χ4v) is 8.21. The fraction of sp³-hybridized carbons (Fsp3) is 0.655. The lowest BCUT2D eigenvalue weighted by molar-refractivity contribution is -0.120. The first-order valence-corrected chi connectivity index (χ1v) is 14.7. The lowest BCUT2D eigenvalue weighted by Gasteiger charge is -2.35. The number of piperidine rings is 1. The SMILES string of the molecule is CC(=O)NCCOc1cccc(C(=O)N2CCC(CC3(C)SC(C[C@H]4C[C@@H]5CC[C@H]4C5)=NC3=O)CC2)c1. The maximum atomic E-state index is 13.1. The Balaban J connectivity index is 1.08. The lowest BCUT2D eigenvalue weighted by Crippen LogP contribution is -2.40. The molecule has 4 aliphatic rings. The third kappa shape index (κ3) is 6.21. The minimum Gasteiger partial charge on any atom is -0.492 e. The van der Waals surface area contributed by atoms with Crippen molar-refractivity contribution in [3.05, 3.63) is 29.8 Å². The Kier molecular flexibility index (Phi) is 7.93. The Hall–Kier alpha value is -2.35. The van der Waals surface area contributed by atoms with Gasteiger partial charge < -0.3 is 15.0 Å². The van der Waals surface area contributed by atoms with E-state index in [1.54, 1.807) is 17.8 Å². The van der Waals surface area contributed by atoms with Crippen LogP contribution in [0.25, 0.3) is 0 Å². The van der Waals surface area contributed by atoms with E-state index in [2.05, 4.69) is 17.2 Å². The van der Waals surface area contributed by atoms with Gasteiger partial charge in [-0.25, -0.2) is 4.99 Å². The second kappa shape index (κ2) is 11.2. The minimum absolute atomic E-state index is 0.0137. The van der Waals surface area contributed by atoms with Crippen LogP contribution in [0.4, 0.5) is 0 Å². The van der Waals surface area contributed by atoms with Crippen LogP contribution < -0.4 is 10.1 Å². The molecule has 1 aromatic carbocycles. The molecule has 8 heteroatoms. The van der Waals surface area contributed by atoms with Gasteiger partial charge in [0, 0.05) is 25.6 Å². The maximum absolute atomic E-state index is 13.1. The van der Waals surface area contributed by atoms with Gasteiger partial charge in [0.25, 0.3) is 11.8 Å². The number of fused-ring (bicyclic) bond motifs is 2.